The van der Waals surface area contributed by atoms with E-state index >= 15 is 0 Å². The van der Waals surface area contributed by atoms with Crippen LogP contribution in [-0.4, -0.2) is 41.1 Å². The molecule has 2 N–H and O–H groups in total. The zero-order valence-electron chi connectivity index (χ0n) is 12.3. The fraction of sp³-hybridized carbons (Fsp3) is 0.533. The second kappa shape index (κ2) is 7.59. The van der Waals surface area contributed by atoms with Crippen molar-refractivity contribution >= 4 is 29.2 Å². The third kappa shape index (κ3) is 4.10. The molecule has 1 aliphatic rings. The van der Waals surface area contributed by atoms with Crippen molar-refractivity contribution in [2.75, 3.05) is 13.1 Å². The van der Waals surface area contributed by atoms with Crippen molar-refractivity contribution in [2.45, 2.75) is 38.4 Å². The lowest BCUT2D eigenvalue weighted by Crippen LogP contribution is -2.53. The Hall–Kier alpha value is -0.880. The number of nitrogens with zero attached hydrogens (tertiary/aromatic N) is 1. The molecule has 1 aliphatic carbocycles. The Balaban J connectivity index is 1.81. The van der Waals surface area contributed by atoms with Gasteiger partial charge in [0.15, 0.2) is 0 Å². The van der Waals surface area contributed by atoms with E-state index in [1.807, 2.05) is 11.8 Å². The number of likely N-dealkylation sites (N-methyl/N-ethyl adjacent to an activating group) is 1. The summed E-state index contributed by atoms with van der Waals surface area (Å²) >= 11 is 11.8. The molecule has 0 atom stereocenters. The average molecular weight is 349 g/mol. The molecule has 1 aromatic carbocycles. The molecule has 22 heavy (non-hydrogen) atoms. The molecule has 0 heterocycles. The van der Waals surface area contributed by atoms with E-state index in [0.717, 1.165) is 24.9 Å². The van der Waals surface area contributed by atoms with Gasteiger partial charge in [0, 0.05) is 18.6 Å². The van der Waals surface area contributed by atoms with Crippen LogP contribution >= 0.6 is 23.2 Å². The molecular formula is C15H19Cl2FN2O2. The minimum absolute atomic E-state index is 0.0499. The summed E-state index contributed by atoms with van der Waals surface area (Å²) in [6.45, 7) is 3.28. The fourth-order valence-electron chi connectivity index (χ4n) is 2.68. The Morgan fingerprint density at radius 2 is 2.09 bits per heavy atom. The summed E-state index contributed by atoms with van der Waals surface area (Å²) in [5.74, 6) is -1.32. The minimum Gasteiger partial charge on any atom is -0.480 e. The van der Waals surface area contributed by atoms with Gasteiger partial charge in [-0.1, -0.05) is 36.2 Å². The Bertz CT molecular complexity index is 551. The zero-order chi connectivity index (χ0) is 16.3. The third-order valence-electron chi connectivity index (χ3n) is 4.07. The standard InChI is InChI=1S/C15H19Cl2FN2O2/c1-2-20(8-13(21)22)11-5-10(6-11)19-7-9-3-4-12(18)15(17)14(9)16/h3-4,10-11,19H,2,5-8H2,1H3,(H,21,22). The van der Waals surface area contributed by atoms with E-state index < -0.39 is 11.8 Å². The fourth-order valence-corrected chi connectivity index (χ4v) is 3.09. The quantitative estimate of drug-likeness (QED) is 0.743. The van der Waals surface area contributed by atoms with Gasteiger partial charge < -0.3 is 10.4 Å². The second-order valence-electron chi connectivity index (χ2n) is 5.49. The van der Waals surface area contributed by atoms with Crippen LogP contribution in [0.1, 0.15) is 25.3 Å². The molecule has 1 fully saturated rings. The molecule has 2 rings (SSSR count). The molecule has 4 nitrogen and oxygen atoms in total. The Labute approximate surface area is 139 Å². The molecule has 122 valence electrons. The van der Waals surface area contributed by atoms with Crippen molar-refractivity contribution in [2.24, 2.45) is 0 Å². The van der Waals surface area contributed by atoms with E-state index in [1.165, 1.54) is 6.07 Å². The maximum Gasteiger partial charge on any atom is 0.317 e. The molecule has 1 saturated carbocycles. The summed E-state index contributed by atoms with van der Waals surface area (Å²) in [5.41, 5.74) is 0.759. The predicted octanol–water partition coefficient (Wildman–Crippen LogP) is 3.16. The van der Waals surface area contributed by atoms with Crippen LogP contribution < -0.4 is 5.32 Å². The van der Waals surface area contributed by atoms with Crippen LogP contribution in [0.2, 0.25) is 10.0 Å². The first-order valence-electron chi connectivity index (χ1n) is 7.24. The molecule has 0 spiro atoms. The molecule has 0 amide bonds. The highest BCUT2D eigenvalue weighted by Gasteiger charge is 2.33. The highest BCUT2D eigenvalue weighted by atomic mass is 35.5. The molecule has 1 aromatic rings. The maximum absolute atomic E-state index is 13.2. The summed E-state index contributed by atoms with van der Waals surface area (Å²) in [4.78, 5) is 12.7. The number of aliphatic carboxylic acids is 1. The van der Waals surface area contributed by atoms with Gasteiger partial charge in [-0.2, -0.15) is 0 Å². The van der Waals surface area contributed by atoms with Crippen LogP contribution in [0.3, 0.4) is 0 Å². The number of carboxylic acids is 1. The van der Waals surface area contributed by atoms with E-state index in [4.69, 9.17) is 28.3 Å². The van der Waals surface area contributed by atoms with Crippen LogP contribution in [-0.2, 0) is 11.3 Å². The predicted molar refractivity (Wildman–Crippen MR) is 85.0 cm³/mol. The lowest BCUT2D eigenvalue weighted by Gasteiger charge is -2.42. The van der Waals surface area contributed by atoms with E-state index in [9.17, 15) is 9.18 Å². The largest absolute Gasteiger partial charge is 0.480 e. The van der Waals surface area contributed by atoms with Gasteiger partial charge in [-0.05, 0) is 31.0 Å². The number of carboxylic acid groups (broad SMARTS) is 1. The summed E-state index contributed by atoms with van der Waals surface area (Å²) in [6, 6.07) is 3.54. The van der Waals surface area contributed by atoms with E-state index in [1.54, 1.807) is 6.07 Å². The number of nitrogens with one attached hydrogen (secondary N) is 1. The first-order valence-corrected chi connectivity index (χ1v) is 7.99. The van der Waals surface area contributed by atoms with Gasteiger partial charge in [-0.25, -0.2) is 4.39 Å². The van der Waals surface area contributed by atoms with Crippen molar-refractivity contribution in [1.82, 2.24) is 10.2 Å². The van der Waals surface area contributed by atoms with Crippen LogP contribution in [0, 0.1) is 5.82 Å². The summed E-state index contributed by atoms with van der Waals surface area (Å²) in [5, 5.41) is 12.4. The molecule has 0 aliphatic heterocycles. The van der Waals surface area contributed by atoms with Gasteiger partial charge >= 0.3 is 5.97 Å². The van der Waals surface area contributed by atoms with Gasteiger partial charge in [0.25, 0.3) is 0 Å². The number of hydrogen-bond acceptors (Lipinski definition) is 3. The molecule has 0 radical (unpaired) electrons. The van der Waals surface area contributed by atoms with Gasteiger partial charge in [-0.15, -0.1) is 0 Å². The normalized spacial score (nSPS) is 21.0. The smallest absolute Gasteiger partial charge is 0.317 e. The topological polar surface area (TPSA) is 52.6 Å². The Kier molecular flexibility index (Phi) is 6.03. The van der Waals surface area contributed by atoms with Crippen molar-refractivity contribution in [3.63, 3.8) is 0 Å². The van der Waals surface area contributed by atoms with Crippen molar-refractivity contribution < 1.29 is 14.3 Å². The van der Waals surface area contributed by atoms with Crippen LogP contribution in [0.5, 0.6) is 0 Å². The second-order valence-corrected chi connectivity index (χ2v) is 6.25. The summed E-state index contributed by atoms with van der Waals surface area (Å²) < 4.78 is 13.2. The highest BCUT2D eigenvalue weighted by molar-refractivity contribution is 6.42. The van der Waals surface area contributed by atoms with Gasteiger partial charge in [0.05, 0.1) is 16.6 Å². The molecule has 0 bridgehead atoms. The number of carbonyl (C=O) groups is 1. The molecule has 0 unspecified atom stereocenters. The molecule has 7 heteroatoms. The number of hydrogen-bond donors (Lipinski definition) is 2. The molecule has 0 saturated heterocycles. The third-order valence-corrected chi connectivity index (χ3v) is 4.97. The summed E-state index contributed by atoms with van der Waals surface area (Å²) in [6.07, 6.45) is 1.79. The minimum atomic E-state index is -0.800. The van der Waals surface area contributed by atoms with Gasteiger partial charge in [-0.3, -0.25) is 9.69 Å². The molecular weight excluding hydrogens is 330 g/mol. The average Bonchev–Trinajstić information content (AvgIpc) is 2.43. The van der Waals surface area contributed by atoms with Gasteiger partial charge in [0.1, 0.15) is 5.82 Å². The SMILES string of the molecule is CCN(CC(=O)O)C1CC(NCc2ccc(F)c(Cl)c2Cl)C1. The van der Waals surface area contributed by atoms with E-state index in [0.29, 0.717) is 18.6 Å². The van der Waals surface area contributed by atoms with Crippen LogP contribution in [0.25, 0.3) is 0 Å². The number of rotatable bonds is 7. The van der Waals surface area contributed by atoms with Crippen molar-refractivity contribution in [3.05, 3.63) is 33.6 Å². The number of halogens is 3. The molecule has 0 aromatic heterocycles. The van der Waals surface area contributed by atoms with Gasteiger partial charge in [0.2, 0.25) is 0 Å². The first-order chi connectivity index (χ1) is 10.4. The van der Waals surface area contributed by atoms with E-state index in [2.05, 4.69) is 5.32 Å². The Morgan fingerprint density at radius 1 is 1.41 bits per heavy atom. The van der Waals surface area contributed by atoms with Crippen molar-refractivity contribution in [3.8, 4) is 0 Å². The van der Waals surface area contributed by atoms with Crippen LogP contribution in [0.4, 0.5) is 4.39 Å². The summed E-state index contributed by atoms with van der Waals surface area (Å²) in [7, 11) is 0. The first kappa shape index (κ1) is 17.5. The monoisotopic (exact) mass is 348 g/mol. The maximum atomic E-state index is 13.2. The Morgan fingerprint density at radius 3 is 2.68 bits per heavy atom. The van der Waals surface area contributed by atoms with Crippen molar-refractivity contribution in [1.29, 1.82) is 0 Å². The lowest BCUT2D eigenvalue weighted by atomic mass is 9.85. The lowest BCUT2D eigenvalue weighted by molar-refractivity contribution is -0.139. The number of benzene rings is 1. The zero-order valence-corrected chi connectivity index (χ0v) is 13.8. The van der Waals surface area contributed by atoms with Crippen LogP contribution in [0.15, 0.2) is 12.1 Å². The highest BCUT2D eigenvalue weighted by Crippen LogP contribution is 2.30. The van der Waals surface area contributed by atoms with E-state index in [-0.39, 0.29) is 16.6 Å².